The fourth-order valence-electron chi connectivity index (χ4n) is 1.89. The Kier molecular flexibility index (Phi) is 4.34. The van der Waals surface area contributed by atoms with E-state index in [4.69, 9.17) is 9.84 Å². The average Bonchev–Trinajstić information content (AvgIpc) is 2.84. The number of carbonyl (C=O) groups excluding carboxylic acids is 1. The van der Waals surface area contributed by atoms with Gasteiger partial charge in [0.05, 0.1) is 18.3 Å². The van der Waals surface area contributed by atoms with Crippen LogP contribution >= 0.6 is 11.3 Å². The Morgan fingerprint density at radius 2 is 2.37 bits per heavy atom. The maximum absolute atomic E-state index is 12.2. The second-order valence-electron chi connectivity index (χ2n) is 4.34. The molecule has 0 saturated carbocycles. The molecule has 1 aliphatic heterocycles. The van der Waals surface area contributed by atoms with E-state index in [0.717, 1.165) is 11.0 Å². The van der Waals surface area contributed by atoms with E-state index in [-0.39, 0.29) is 12.0 Å². The SMILES string of the molecule is CC1CN(C(=O)c2csc(C=CC(=O)O)c2)CCO1. The highest BCUT2D eigenvalue weighted by Gasteiger charge is 2.22. The lowest BCUT2D eigenvalue weighted by atomic mass is 10.2. The van der Waals surface area contributed by atoms with E-state index in [1.807, 2.05) is 6.92 Å². The first kappa shape index (κ1) is 13.8. The minimum Gasteiger partial charge on any atom is -0.478 e. The molecule has 1 aromatic rings. The summed E-state index contributed by atoms with van der Waals surface area (Å²) in [7, 11) is 0. The number of thiophene rings is 1. The van der Waals surface area contributed by atoms with Gasteiger partial charge in [-0.25, -0.2) is 4.79 Å². The van der Waals surface area contributed by atoms with Gasteiger partial charge in [-0.2, -0.15) is 0 Å². The van der Waals surface area contributed by atoms with Gasteiger partial charge in [0.15, 0.2) is 0 Å². The molecule has 1 aromatic heterocycles. The smallest absolute Gasteiger partial charge is 0.328 e. The molecule has 1 N–H and O–H groups in total. The number of hydrogen-bond donors (Lipinski definition) is 1. The van der Waals surface area contributed by atoms with E-state index in [9.17, 15) is 9.59 Å². The summed E-state index contributed by atoms with van der Waals surface area (Å²) in [6.07, 6.45) is 2.62. The van der Waals surface area contributed by atoms with Crippen molar-refractivity contribution in [2.45, 2.75) is 13.0 Å². The second kappa shape index (κ2) is 5.99. The summed E-state index contributed by atoms with van der Waals surface area (Å²) in [6, 6.07) is 1.71. The topological polar surface area (TPSA) is 66.8 Å². The second-order valence-corrected chi connectivity index (χ2v) is 5.28. The van der Waals surface area contributed by atoms with Gasteiger partial charge in [-0.1, -0.05) is 0 Å². The van der Waals surface area contributed by atoms with Crippen LogP contribution in [0.1, 0.15) is 22.2 Å². The van der Waals surface area contributed by atoms with Crippen molar-refractivity contribution in [2.75, 3.05) is 19.7 Å². The van der Waals surface area contributed by atoms with E-state index < -0.39 is 5.97 Å². The van der Waals surface area contributed by atoms with Gasteiger partial charge in [0.25, 0.3) is 5.91 Å². The van der Waals surface area contributed by atoms with Crippen LogP contribution in [-0.2, 0) is 9.53 Å². The van der Waals surface area contributed by atoms with Crippen LogP contribution in [0.2, 0.25) is 0 Å². The Morgan fingerprint density at radius 3 is 3.05 bits per heavy atom. The number of carboxylic acids is 1. The molecule has 1 amide bonds. The minimum atomic E-state index is -0.997. The van der Waals surface area contributed by atoms with E-state index in [2.05, 4.69) is 0 Å². The molecule has 1 aliphatic rings. The normalized spacial score (nSPS) is 19.8. The Hall–Kier alpha value is -1.66. The van der Waals surface area contributed by atoms with Gasteiger partial charge >= 0.3 is 5.97 Å². The van der Waals surface area contributed by atoms with Gasteiger partial charge in [0.2, 0.25) is 0 Å². The zero-order valence-electron chi connectivity index (χ0n) is 10.5. The zero-order valence-corrected chi connectivity index (χ0v) is 11.4. The molecule has 102 valence electrons. The Morgan fingerprint density at radius 1 is 1.58 bits per heavy atom. The maximum Gasteiger partial charge on any atom is 0.328 e. The molecule has 0 bridgehead atoms. The summed E-state index contributed by atoms with van der Waals surface area (Å²) in [5.41, 5.74) is 0.601. The number of morpholine rings is 1. The Balaban J connectivity index is 2.05. The predicted molar refractivity (Wildman–Crippen MR) is 72.3 cm³/mol. The van der Waals surface area contributed by atoms with Gasteiger partial charge < -0.3 is 14.7 Å². The molecule has 19 heavy (non-hydrogen) atoms. The molecular formula is C13H15NO4S. The fraction of sp³-hybridized carbons (Fsp3) is 0.385. The molecule has 2 heterocycles. The van der Waals surface area contributed by atoms with Crippen LogP contribution in [0.5, 0.6) is 0 Å². The van der Waals surface area contributed by atoms with Gasteiger partial charge in [-0.05, 0) is 19.1 Å². The van der Waals surface area contributed by atoms with Crippen LogP contribution < -0.4 is 0 Å². The molecule has 2 rings (SSSR count). The Bertz CT molecular complexity index is 508. The van der Waals surface area contributed by atoms with Crippen LogP contribution in [0.4, 0.5) is 0 Å². The third kappa shape index (κ3) is 3.65. The minimum absolute atomic E-state index is 0.0265. The van der Waals surface area contributed by atoms with Crippen molar-refractivity contribution in [1.29, 1.82) is 0 Å². The third-order valence-corrected chi connectivity index (χ3v) is 3.68. The fourth-order valence-corrected chi connectivity index (χ4v) is 2.66. The first-order valence-electron chi connectivity index (χ1n) is 5.96. The molecule has 5 nitrogen and oxygen atoms in total. The molecule has 1 saturated heterocycles. The first-order valence-corrected chi connectivity index (χ1v) is 6.84. The first-order chi connectivity index (χ1) is 9.06. The zero-order chi connectivity index (χ0) is 13.8. The van der Waals surface area contributed by atoms with Crippen molar-refractivity contribution < 1.29 is 19.4 Å². The van der Waals surface area contributed by atoms with Crippen LogP contribution in [-0.4, -0.2) is 47.7 Å². The molecule has 0 aromatic carbocycles. The number of rotatable bonds is 3. The van der Waals surface area contributed by atoms with Crippen molar-refractivity contribution in [3.8, 4) is 0 Å². The summed E-state index contributed by atoms with van der Waals surface area (Å²) >= 11 is 1.36. The molecular weight excluding hydrogens is 266 g/mol. The highest BCUT2D eigenvalue weighted by Crippen LogP contribution is 2.19. The number of ether oxygens (including phenoxy) is 1. The van der Waals surface area contributed by atoms with Crippen molar-refractivity contribution in [3.05, 3.63) is 28.0 Å². The van der Waals surface area contributed by atoms with Crippen molar-refractivity contribution in [3.63, 3.8) is 0 Å². The summed E-state index contributed by atoms with van der Waals surface area (Å²) in [5.74, 6) is -1.02. The van der Waals surface area contributed by atoms with Gasteiger partial charge in [0.1, 0.15) is 0 Å². The lowest BCUT2D eigenvalue weighted by molar-refractivity contribution is -0.131. The summed E-state index contributed by atoms with van der Waals surface area (Å²) in [5, 5.41) is 10.3. The van der Waals surface area contributed by atoms with Gasteiger partial charge in [-0.3, -0.25) is 4.79 Å². The number of carboxylic acid groups (broad SMARTS) is 1. The molecule has 1 fully saturated rings. The van der Waals surface area contributed by atoms with Gasteiger partial charge in [-0.15, -0.1) is 11.3 Å². The third-order valence-electron chi connectivity index (χ3n) is 2.79. The maximum atomic E-state index is 12.2. The van der Waals surface area contributed by atoms with Crippen LogP contribution in [0.3, 0.4) is 0 Å². The van der Waals surface area contributed by atoms with E-state index >= 15 is 0 Å². The summed E-state index contributed by atoms with van der Waals surface area (Å²) < 4.78 is 5.40. The van der Waals surface area contributed by atoms with E-state index in [0.29, 0.717) is 25.3 Å². The molecule has 0 spiro atoms. The molecule has 6 heteroatoms. The summed E-state index contributed by atoms with van der Waals surface area (Å²) in [6.45, 7) is 3.69. The Labute approximate surface area is 115 Å². The van der Waals surface area contributed by atoms with Crippen molar-refractivity contribution in [1.82, 2.24) is 4.90 Å². The number of amides is 1. The van der Waals surface area contributed by atoms with Gasteiger partial charge in [0, 0.05) is 29.4 Å². The lowest BCUT2D eigenvalue weighted by Gasteiger charge is -2.30. The molecule has 1 unspecified atom stereocenters. The van der Waals surface area contributed by atoms with Crippen LogP contribution in [0.25, 0.3) is 6.08 Å². The lowest BCUT2D eigenvalue weighted by Crippen LogP contribution is -2.44. The van der Waals surface area contributed by atoms with Crippen LogP contribution in [0.15, 0.2) is 17.5 Å². The van der Waals surface area contributed by atoms with Crippen molar-refractivity contribution in [2.24, 2.45) is 0 Å². The largest absolute Gasteiger partial charge is 0.478 e. The van der Waals surface area contributed by atoms with Crippen molar-refractivity contribution >= 4 is 29.3 Å². The average molecular weight is 281 g/mol. The quantitative estimate of drug-likeness (QED) is 0.856. The summed E-state index contributed by atoms with van der Waals surface area (Å²) in [4.78, 5) is 25.2. The molecule has 0 aliphatic carbocycles. The molecule has 0 radical (unpaired) electrons. The number of nitrogens with zero attached hydrogens (tertiary/aromatic N) is 1. The monoisotopic (exact) mass is 281 g/mol. The standard InChI is InChI=1S/C13H15NO4S/c1-9-7-14(4-5-18-9)13(17)10-6-11(19-8-10)2-3-12(15)16/h2-3,6,8-9H,4-5,7H2,1H3,(H,15,16). The van der Waals surface area contributed by atoms with E-state index in [1.54, 1.807) is 16.3 Å². The number of aliphatic carboxylic acids is 1. The molecule has 1 atom stereocenters. The van der Waals surface area contributed by atoms with Crippen LogP contribution in [0, 0.1) is 0 Å². The highest BCUT2D eigenvalue weighted by molar-refractivity contribution is 7.11. The number of hydrogen-bond acceptors (Lipinski definition) is 4. The highest BCUT2D eigenvalue weighted by atomic mass is 32.1. The predicted octanol–water partition coefficient (Wildman–Crippen LogP) is 1.71. The van der Waals surface area contributed by atoms with E-state index in [1.165, 1.54) is 17.4 Å². The number of carbonyl (C=O) groups is 2.